The van der Waals surface area contributed by atoms with Gasteiger partial charge < -0.3 is 0 Å². The molecule has 0 aliphatic carbocycles. The normalized spacial score (nSPS) is 24.4. The minimum absolute atomic E-state index is 0.208. The van der Waals surface area contributed by atoms with Crippen LogP contribution < -0.4 is 9.86 Å². The first-order chi connectivity index (χ1) is 7.87. The Hall–Kier alpha value is -0.0800. The Morgan fingerprint density at radius 1 is 1.53 bits per heavy atom. The average molecular weight is 337 g/mol. The van der Waals surface area contributed by atoms with Gasteiger partial charge in [-0.1, -0.05) is 22.9 Å². The van der Waals surface area contributed by atoms with Crippen molar-refractivity contribution in [2.45, 2.75) is 17.9 Å². The summed E-state index contributed by atoms with van der Waals surface area (Å²) >= 11 is 5.14. The molecule has 0 saturated heterocycles. The first kappa shape index (κ1) is 13.4. The smallest absolute Gasteiger partial charge is 0.216 e. The Kier molecular flexibility index (Phi) is 3.84. The Labute approximate surface area is 114 Å². The lowest BCUT2D eigenvalue weighted by molar-refractivity contribution is 0.458. The minimum atomic E-state index is -3.69. The van der Waals surface area contributed by atoms with Gasteiger partial charge in [-0.25, -0.2) is 5.14 Å². The van der Waals surface area contributed by atoms with Crippen molar-refractivity contribution < 1.29 is 8.42 Å². The summed E-state index contributed by atoms with van der Waals surface area (Å²) < 4.78 is 25.8. The average Bonchev–Trinajstić information content (AvgIpc) is 2.21. The molecule has 0 unspecified atom stereocenters. The fourth-order valence-corrected chi connectivity index (χ4v) is 4.12. The Morgan fingerprint density at radius 2 is 2.24 bits per heavy atom. The van der Waals surface area contributed by atoms with Gasteiger partial charge in [-0.3, -0.25) is 0 Å². The molecule has 0 radical (unpaired) electrons. The lowest BCUT2D eigenvalue weighted by atomic mass is 9.96. The van der Waals surface area contributed by atoms with E-state index in [1.165, 1.54) is 0 Å². The van der Waals surface area contributed by atoms with Crippen LogP contribution in [0.15, 0.2) is 27.6 Å². The zero-order chi connectivity index (χ0) is 12.6. The number of rotatable bonds is 2. The molecule has 0 aromatic heterocycles. The number of thioether (sulfide) groups is 1. The van der Waals surface area contributed by atoms with Crippen LogP contribution in [0.5, 0.6) is 0 Å². The van der Waals surface area contributed by atoms with E-state index < -0.39 is 10.2 Å². The highest BCUT2D eigenvalue weighted by Gasteiger charge is 2.29. The monoisotopic (exact) mass is 336 g/mol. The molecule has 0 fully saturated rings. The van der Waals surface area contributed by atoms with Gasteiger partial charge in [0.25, 0.3) is 10.2 Å². The Balaban J connectivity index is 2.42. The van der Waals surface area contributed by atoms with E-state index >= 15 is 0 Å². The molecule has 1 aliphatic rings. The van der Waals surface area contributed by atoms with Gasteiger partial charge in [0.05, 0.1) is 6.04 Å². The van der Waals surface area contributed by atoms with Gasteiger partial charge in [-0.2, -0.15) is 13.1 Å². The van der Waals surface area contributed by atoms with Gasteiger partial charge in [0, 0.05) is 15.1 Å². The molecular weight excluding hydrogens is 324 g/mol. The fourth-order valence-electron chi connectivity index (χ4n) is 1.87. The number of hydrogen-bond donors (Lipinski definition) is 2. The van der Waals surface area contributed by atoms with Crippen molar-refractivity contribution >= 4 is 37.9 Å². The van der Waals surface area contributed by atoms with Crippen molar-refractivity contribution in [2.24, 2.45) is 11.1 Å². The zero-order valence-electron chi connectivity index (χ0n) is 9.18. The van der Waals surface area contributed by atoms with Crippen LogP contribution in [0.3, 0.4) is 0 Å². The second kappa shape index (κ2) is 4.89. The molecule has 1 heterocycles. The van der Waals surface area contributed by atoms with Crippen LogP contribution >= 0.6 is 27.7 Å². The predicted molar refractivity (Wildman–Crippen MR) is 73.0 cm³/mol. The molecule has 1 aromatic rings. The SMILES string of the molecule is C[C@@H]1CSc2ccc(Br)cc2[C@H]1NS(N)(=O)=O. The van der Waals surface area contributed by atoms with Gasteiger partial charge >= 0.3 is 0 Å². The molecule has 0 bridgehead atoms. The van der Waals surface area contributed by atoms with Gasteiger partial charge in [0.1, 0.15) is 0 Å². The van der Waals surface area contributed by atoms with Gasteiger partial charge in [-0.15, -0.1) is 11.8 Å². The third kappa shape index (κ3) is 3.23. The van der Waals surface area contributed by atoms with E-state index in [0.717, 1.165) is 20.7 Å². The number of hydrogen-bond acceptors (Lipinski definition) is 3. The van der Waals surface area contributed by atoms with Crippen LogP contribution in [-0.2, 0) is 10.2 Å². The summed E-state index contributed by atoms with van der Waals surface area (Å²) in [6.45, 7) is 2.01. The molecule has 0 amide bonds. The Bertz CT molecular complexity index is 533. The summed E-state index contributed by atoms with van der Waals surface area (Å²) in [5.41, 5.74) is 0.983. The van der Waals surface area contributed by atoms with Gasteiger partial charge in [-0.05, 0) is 29.7 Å². The molecule has 0 spiro atoms. The molecule has 7 heteroatoms. The summed E-state index contributed by atoms with van der Waals surface area (Å²) in [4.78, 5) is 1.10. The van der Waals surface area contributed by atoms with Crippen molar-refractivity contribution in [1.29, 1.82) is 0 Å². The lowest BCUT2D eigenvalue weighted by Gasteiger charge is -2.30. The van der Waals surface area contributed by atoms with E-state index in [1.807, 2.05) is 25.1 Å². The molecule has 3 N–H and O–H groups in total. The van der Waals surface area contributed by atoms with Crippen LogP contribution in [0.25, 0.3) is 0 Å². The molecule has 4 nitrogen and oxygen atoms in total. The van der Waals surface area contributed by atoms with Crippen molar-refractivity contribution in [3.63, 3.8) is 0 Å². The molecule has 2 rings (SSSR count). The number of halogens is 1. The maximum atomic E-state index is 11.2. The van der Waals surface area contributed by atoms with Crippen LogP contribution in [0.2, 0.25) is 0 Å². The first-order valence-corrected chi connectivity index (χ1v) is 8.41. The summed E-state index contributed by atoms with van der Waals surface area (Å²) in [5.74, 6) is 1.09. The number of fused-ring (bicyclic) bond motifs is 1. The maximum Gasteiger partial charge on any atom is 0.274 e. The third-order valence-corrected chi connectivity index (χ3v) is 5.12. The van der Waals surface area contributed by atoms with Gasteiger partial charge in [0.15, 0.2) is 0 Å². The number of nitrogens with one attached hydrogen (secondary N) is 1. The highest BCUT2D eigenvalue weighted by atomic mass is 79.9. The van der Waals surface area contributed by atoms with Crippen LogP contribution in [0, 0.1) is 5.92 Å². The van der Waals surface area contributed by atoms with Gasteiger partial charge in [0.2, 0.25) is 0 Å². The summed E-state index contributed by atoms with van der Waals surface area (Å²) in [5, 5.41) is 5.07. The van der Waals surface area contributed by atoms with E-state index in [-0.39, 0.29) is 12.0 Å². The molecule has 1 aromatic carbocycles. The predicted octanol–water partition coefficient (Wildman–Crippen LogP) is 2.03. The fraction of sp³-hybridized carbons (Fsp3) is 0.400. The van der Waals surface area contributed by atoms with E-state index in [1.54, 1.807) is 11.8 Å². The molecule has 17 heavy (non-hydrogen) atoms. The second-order valence-electron chi connectivity index (χ2n) is 4.11. The third-order valence-electron chi connectivity index (χ3n) is 2.67. The molecule has 2 atom stereocenters. The van der Waals surface area contributed by atoms with Crippen molar-refractivity contribution in [2.75, 3.05) is 5.75 Å². The number of benzene rings is 1. The Morgan fingerprint density at radius 3 is 2.88 bits per heavy atom. The van der Waals surface area contributed by atoms with Crippen LogP contribution in [0.4, 0.5) is 0 Å². The highest BCUT2D eigenvalue weighted by molar-refractivity contribution is 9.10. The second-order valence-corrected chi connectivity index (χ2v) is 7.41. The minimum Gasteiger partial charge on any atom is -0.216 e. The molecular formula is C10H13BrN2O2S2. The zero-order valence-corrected chi connectivity index (χ0v) is 12.4. The van der Waals surface area contributed by atoms with Crippen LogP contribution in [0.1, 0.15) is 18.5 Å². The van der Waals surface area contributed by atoms with Crippen molar-refractivity contribution in [1.82, 2.24) is 4.72 Å². The van der Waals surface area contributed by atoms with Crippen molar-refractivity contribution in [3.05, 3.63) is 28.2 Å². The summed E-state index contributed by atoms with van der Waals surface area (Å²) in [6, 6.07) is 5.64. The van der Waals surface area contributed by atoms with E-state index in [4.69, 9.17) is 5.14 Å². The standard InChI is InChI=1S/C10H13BrN2O2S2/c1-6-5-16-9-3-2-7(11)4-8(9)10(6)13-17(12,14)15/h2-4,6,10,13H,5H2,1H3,(H2,12,14,15)/t6-,10+/m1/s1. The number of nitrogens with two attached hydrogens (primary N) is 1. The maximum absolute atomic E-state index is 11.2. The van der Waals surface area contributed by atoms with Crippen LogP contribution in [-0.4, -0.2) is 14.2 Å². The first-order valence-electron chi connectivity index (χ1n) is 5.09. The molecule has 1 aliphatic heterocycles. The largest absolute Gasteiger partial charge is 0.274 e. The molecule has 94 valence electrons. The van der Waals surface area contributed by atoms with E-state index in [9.17, 15) is 8.42 Å². The van der Waals surface area contributed by atoms with E-state index in [0.29, 0.717) is 0 Å². The van der Waals surface area contributed by atoms with Crippen molar-refractivity contribution in [3.8, 4) is 0 Å². The topological polar surface area (TPSA) is 72.2 Å². The van der Waals surface area contributed by atoms with E-state index in [2.05, 4.69) is 20.7 Å². The summed E-state index contributed by atoms with van der Waals surface area (Å²) in [7, 11) is -3.69. The summed E-state index contributed by atoms with van der Waals surface area (Å²) in [6.07, 6.45) is 0. The quantitative estimate of drug-likeness (QED) is 0.867. The molecule has 0 saturated carbocycles. The lowest BCUT2D eigenvalue weighted by Crippen LogP contribution is -2.39. The highest BCUT2D eigenvalue weighted by Crippen LogP contribution is 2.40.